The van der Waals surface area contributed by atoms with Crippen molar-refractivity contribution in [2.24, 2.45) is 12.8 Å². The molecule has 0 saturated carbocycles. The highest BCUT2D eigenvalue weighted by molar-refractivity contribution is 5.18. The second kappa shape index (κ2) is 5.01. The summed E-state index contributed by atoms with van der Waals surface area (Å²) in [6, 6.07) is 6.42. The molecule has 2 N–H and O–H groups in total. The van der Waals surface area contributed by atoms with Gasteiger partial charge in [-0.1, -0.05) is 18.2 Å². The van der Waals surface area contributed by atoms with Gasteiger partial charge in [0.05, 0.1) is 7.05 Å². The SMILES string of the molecule is Cn1nnc(CC(N)Cc2ccccc2F)n1. The fraction of sp³-hybridized carbons (Fsp3) is 0.364. The summed E-state index contributed by atoms with van der Waals surface area (Å²) in [5.41, 5.74) is 6.55. The van der Waals surface area contributed by atoms with Crippen molar-refractivity contribution in [3.63, 3.8) is 0 Å². The molecule has 2 aromatic rings. The number of tetrazole rings is 1. The molecule has 2 rings (SSSR count). The number of hydrogen-bond donors (Lipinski definition) is 1. The quantitative estimate of drug-likeness (QED) is 0.836. The molecule has 1 atom stereocenters. The Morgan fingerprint density at radius 2 is 2.12 bits per heavy atom. The normalized spacial score (nSPS) is 12.6. The molecule has 5 nitrogen and oxygen atoms in total. The Bertz CT molecular complexity index is 496. The van der Waals surface area contributed by atoms with E-state index in [-0.39, 0.29) is 11.9 Å². The lowest BCUT2D eigenvalue weighted by atomic mass is 10.0. The van der Waals surface area contributed by atoms with Crippen molar-refractivity contribution in [3.05, 3.63) is 41.5 Å². The van der Waals surface area contributed by atoms with Crippen LogP contribution in [0.4, 0.5) is 4.39 Å². The molecule has 6 heteroatoms. The van der Waals surface area contributed by atoms with E-state index in [1.807, 2.05) is 0 Å². The largest absolute Gasteiger partial charge is 0.327 e. The molecule has 1 aromatic carbocycles. The molecule has 0 saturated heterocycles. The third kappa shape index (κ3) is 3.07. The summed E-state index contributed by atoms with van der Waals surface area (Å²) in [4.78, 5) is 1.38. The fourth-order valence-electron chi connectivity index (χ4n) is 1.66. The molecular formula is C11H14FN5. The van der Waals surface area contributed by atoms with Crippen molar-refractivity contribution in [1.82, 2.24) is 20.2 Å². The summed E-state index contributed by atoms with van der Waals surface area (Å²) >= 11 is 0. The van der Waals surface area contributed by atoms with Gasteiger partial charge in [-0.05, 0) is 23.3 Å². The number of halogens is 1. The maximum Gasteiger partial charge on any atom is 0.176 e. The maximum atomic E-state index is 13.4. The van der Waals surface area contributed by atoms with Crippen LogP contribution in [0, 0.1) is 5.82 Å². The molecule has 1 aromatic heterocycles. The van der Waals surface area contributed by atoms with Gasteiger partial charge in [-0.15, -0.1) is 10.2 Å². The van der Waals surface area contributed by atoms with Gasteiger partial charge in [0.2, 0.25) is 0 Å². The van der Waals surface area contributed by atoms with Crippen molar-refractivity contribution in [3.8, 4) is 0 Å². The molecule has 0 fully saturated rings. The zero-order chi connectivity index (χ0) is 12.3. The van der Waals surface area contributed by atoms with Gasteiger partial charge in [-0.2, -0.15) is 4.80 Å². The zero-order valence-corrected chi connectivity index (χ0v) is 9.55. The van der Waals surface area contributed by atoms with E-state index in [0.717, 1.165) is 0 Å². The molecule has 0 amide bonds. The first-order valence-corrected chi connectivity index (χ1v) is 5.37. The Morgan fingerprint density at radius 3 is 2.76 bits per heavy atom. The van der Waals surface area contributed by atoms with E-state index in [0.29, 0.717) is 24.2 Å². The fourth-order valence-corrected chi connectivity index (χ4v) is 1.66. The second-order valence-corrected chi connectivity index (χ2v) is 3.95. The Morgan fingerprint density at radius 1 is 1.35 bits per heavy atom. The van der Waals surface area contributed by atoms with Crippen LogP contribution in [-0.2, 0) is 19.9 Å². The smallest absolute Gasteiger partial charge is 0.176 e. The molecule has 0 aliphatic carbocycles. The molecule has 1 heterocycles. The predicted molar refractivity (Wildman–Crippen MR) is 60.6 cm³/mol. The van der Waals surface area contributed by atoms with E-state index in [9.17, 15) is 4.39 Å². The van der Waals surface area contributed by atoms with E-state index < -0.39 is 0 Å². The van der Waals surface area contributed by atoms with Gasteiger partial charge in [0.15, 0.2) is 5.82 Å². The van der Waals surface area contributed by atoms with E-state index in [4.69, 9.17) is 5.73 Å². The van der Waals surface area contributed by atoms with Crippen LogP contribution in [0.1, 0.15) is 11.4 Å². The molecule has 1 unspecified atom stereocenters. The first-order valence-electron chi connectivity index (χ1n) is 5.37. The molecule has 0 spiro atoms. The van der Waals surface area contributed by atoms with Gasteiger partial charge in [0.1, 0.15) is 5.82 Å². The van der Waals surface area contributed by atoms with Crippen LogP contribution in [0.25, 0.3) is 0 Å². The van der Waals surface area contributed by atoms with E-state index in [1.54, 1.807) is 25.2 Å². The first-order chi connectivity index (χ1) is 8.15. The minimum atomic E-state index is -0.227. The summed E-state index contributed by atoms with van der Waals surface area (Å²) in [6.45, 7) is 0. The van der Waals surface area contributed by atoms with Gasteiger partial charge in [-0.25, -0.2) is 4.39 Å². The molecule has 0 aliphatic heterocycles. The van der Waals surface area contributed by atoms with Gasteiger partial charge < -0.3 is 5.73 Å². The van der Waals surface area contributed by atoms with Gasteiger partial charge in [0, 0.05) is 12.5 Å². The van der Waals surface area contributed by atoms with Crippen molar-refractivity contribution < 1.29 is 4.39 Å². The topological polar surface area (TPSA) is 69.6 Å². The predicted octanol–water partition coefficient (Wildman–Crippen LogP) is 0.462. The number of benzene rings is 1. The van der Waals surface area contributed by atoms with Crippen LogP contribution in [0.3, 0.4) is 0 Å². The third-order valence-corrected chi connectivity index (χ3v) is 2.43. The molecule has 0 radical (unpaired) electrons. The summed E-state index contributed by atoms with van der Waals surface area (Å²) in [7, 11) is 1.69. The summed E-state index contributed by atoms with van der Waals surface area (Å²) in [5.74, 6) is 0.353. The minimum Gasteiger partial charge on any atom is -0.327 e. The minimum absolute atomic E-state index is 0.212. The Balaban J connectivity index is 1.98. The average molecular weight is 235 g/mol. The number of nitrogens with two attached hydrogens (primary N) is 1. The van der Waals surface area contributed by atoms with E-state index in [2.05, 4.69) is 15.4 Å². The molecular weight excluding hydrogens is 221 g/mol. The standard InChI is InChI=1S/C11H14FN5/c1-17-15-11(14-16-17)7-9(13)6-8-4-2-3-5-10(8)12/h2-5,9H,6-7,13H2,1H3. The van der Waals surface area contributed by atoms with Crippen LogP contribution in [0.5, 0.6) is 0 Å². The van der Waals surface area contributed by atoms with Crippen LogP contribution < -0.4 is 5.73 Å². The van der Waals surface area contributed by atoms with Crippen molar-refractivity contribution >= 4 is 0 Å². The van der Waals surface area contributed by atoms with Gasteiger partial charge in [0.25, 0.3) is 0 Å². The lowest BCUT2D eigenvalue weighted by Crippen LogP contribution is -2.26. The van der Waals surface area contributed by atoms with Crippen LogP contribution in [-0.4, -0.2) is 26.2 Å². The van der Waals surface area contributed by atoms with Gasteiger partial charge >= 0.3 is 0 Å². The lowest BCUT2D eigenvalue weighted by Gasteiger charge is -2.09. The second-order valence-electron chi connectivity index (χ2n) is 3.95. The average Bonchev–Trinajstić information content (AvgIpc) is 2.67. The third-order valence-electron chi connectivity index (χ3n) is 2.43. The highest BCUT2D eigenvalue weighted by atomic mass is 19.1. The highest BCUT2D eigenvalue weighted by Crippen LogP contribution is 2.09. The van der Waals surface area contributed by atoms with Crippen molar-refractivity contribution in [2.45, 2.75) is 18.9 Å². The summed E-state index contributed by atoms with van der Waals surface area (Å²) < 4.78 is 13.4. The monoisotopic (exact) mass is 235 g/mol. The first kappa shape index (κ1) is 11.7. The van der Waals surface area contributed by atoms with Crippen molar-refractivity contribution in [1.29, 1.82) is 0 Å². The van der Waals surface area contributed by atoms with Crippen LogP contribution in [0.15, 0.2) is 24.3 Å². The summed E-state index contributed by atoms with van der Waals surface area (Å²) in [6.07, 6.45) is 0.951. The summed E-state index contributed by atoms with van der Waals surface area (Å²) in [5, 5.41) is 11.6. The van der Waals surface area contributed by atoms with Gasteiger partial charge in [-0.3, -0.25) is 0 Å². The Kier molecular flexibility index (Phi) is 3.43. The lowest BCUT2D eigenvalue weighted by molar-refractivity contribution is 0.576. The molecule has 0 bridgehead atoms. The number of aryl methyl sites for hydroxylation is 1. The number of aromatic nitrogens is 4. The molecule has 0 aliphatic rings. The van der Waals surface area contributed by atoms with Crippen molar-refractivity contribution in [2.75, 3.05) is 0 Å². The van der Waals surface area contributed by atoms with Crippen LogP contribution in [0.2, 0.25) is 0 Å². The Labute approximate surface area is 98.4 Å². The molecule has 90 valence electrons. The molecule has 17 heavy (non-hydrogen) atoms. The number of nitrogens with zero attached hydrogens (tertiary/aromatic N) is 4. The van der Waals surface area contributed by atoms with E-state index in [1.165, 1.54) is 10.9 Å². The van der Waals surface area contributed by atoms with E-state index >= 15 is 0 Å². The maximum absolute atomic E-state index is 13.4. The Hall–Kier alpha value is -1.82. The number of rotatable bonds is 4. The zero-order valence-electron chi connectivity index (χ0n) is 9.55. The van der Waals surface area contributed by atoms with Crippen LogP contribution >= 0.6 is 0 Å². The highest BCUT2D eigenvalue weighted by Gasteiger charge is 2.11. The number of hydrogen-bond acceptors (Lipinski definition) is 4.